The Labute approximate surface area is 150 Å². The molecule has 0 bridgehead atoms. The number of non-ortho nitro benzene ring substituents is 1. The molecule has 0 aliphatic heterocycles. The van der Waals surface area contributed by atoms with Crippen molar-refractivity contribution in [1.82, 2.24) is 5.32 Å². The minimum Gasteiger partial charge on any atom is -0.495 e. The molecule has 130 valence electrons. The second kappa shape index (κ2) is 7.71. The van der Waals surface area contributed by atoms with Gasteiger partial charge in [-0.3, -0.25) is 20.2 Å². The lowest BCUT2D eigenvalue weighted by Gasteiger charge is -2.13. The third kappa shape index (κ3) is 4.51. The molecule has 0 fully saturated rings. The number of nitrogens with zero attached hydrogens (tertiary/aromatic N) is 1. The number of benzene rings is 2. The number of anilines is 1. The van der Waals surface area contributed by atoms with Gasteiger partial charge in [-0.2, -0.15) is 0 Å². The van der Waals surface area contributed by atoms with Crippen LogP contribution in [0.25, 0.3) is 0 Å². The third-order valence-corrected chi connectivity index (χ3v) is 3.70. The van der Waals surface area contributed by atoms with Crippen LogP contribution in [0.5, 0.6) is 5.75 Å². The summed E-state index contributed by atoms with van der Waals surface area (Å²) < 4.78 is 5.15. The highest BCUT2D eigenvalue weighted by Crippen LogP contribution is 2.28. The zero-order valence-corrected chi connectivity index (χ0v) is 14.8. The average Bonchev–Trinajstić information content (AvgIpc) is 2.54. The molecule has 0 saturated carbocycles. The van der Waals surface area contributed by atoms with Crippen LogP contribution in [0.3, 0.4) is 0 Å². The second-order valence-corrected chi connectivity index (χ2v) is 5.78. The number of carbonyl (C=O) groups is 1. The van der Waals surface area contributed by atoms with Gasteiger partial charge in [-0.05, 0) is 43.8 Å². The number of hydrogen-bond donors (Lipinski definition) is 2. The Morgan fingerprint density at radius 2 is 1.92 bits per heavy atom. The first-order valence-corrected chi connectivity index (χ1v) is 7.74. The van der Waals surface area contributed by atoms with Crippen LogP contribution in [0.2, 0.25) is 0 Å². The van der Waals surface area contributed by atoms with E-state index in [-0.39, 0.29) is 16.7 Å². The number of rotatable bonds is 4. The Morgan fingerprint density at radius 1 is 1.20 bits per heavy atom. The van der Waals surface area contributed by atoms with Crippen LogP contribution < -0.4 is 15.4 Å². The van der Waals surface area contributed by atoms with E-state index in [0.29, 0.717) is 17.0 Å². The van der Waals surface area contributed by atoms with Crippen LogP contribution in [0.1, 0.15) is 21.5 Å². The molecule has 0 aliphatic rings. The molecule has 2 rings (SSSR count). The van der Waals surface area contributed by atoms with E-state index in [2.05, 4.69) is 10.6 Å². The van der Waals surface area contributed by atoms with E-state index < -0.39 is 4.92 Å². The third-order valence-electron chi connectivity index (χ3n) is 3.50. The van der Waals surface area contributed by atoms with Crippen molar-refractivity contribution in [3.63, 3.8) is 0 Å². The molecule has 0 unspecified atom stereocenters. The van der Waals surface area contributed by atoms with E-state index in [9.17, 15) is 14.9 Å². The van der Waals surface area contributed by atoms with Gasteiger partial charge >= 0.3 is 0 Å². The van der Waals surface area contributed by atoms with E-state index in [4.69, 9.17) is 17.0 Å². The first-order chi connectivity index (χ1) is 11.8. The number of carbonyl (C=O) groups excluding carboxylic acids is 1. The lowest BCUT2D eigenvalue weighted by atomic mass is 10.1. The highest BCUT2D eigenvalue weighted by molar-refractivity contribution is 7.80. The predicted molar refractivity (Wildman–Crippen MR) is 99.3 cm³/mol. The van der Waals surface area contributed by atoms with Gasteiger partial charge in [-0.15, -0.1) is 0 Å². The fraction of sp³-hybridized carbons (Fsp3) is 0.176. The van der Waals surface area contributed by atoms with Gasteiger partial charge in [0.15, 0.2) is 5.11 Å². The van der Waals surface area contributed by atoms with Gasteiger partial charge in [-0.1, -0.05) is 17.7 Å². The number of thiocarbonyl (C=S) groups is 1. The summed E-state index contributed by atoms with van der Waals surface area (Å²) in [7, 11) is 1.43. The van der Waals surface area contributed by atoms with E-state index in [1.165, 1.54) is 25.3 Å². The van der Waals surface area contributed by atoms with Crippen LogP contribution in [0.4, 0.5) is 11.4 Å². The zero-order valence-electron chi connectivity index (χ0n) is 14.0. The van der Waals surface area contributed by atoms with Gasteiger partial charge in [0.25, 0.3) is 11.6 Å². The normalized spacial score (nSPS) is 10.0. The summed E-state index contributed by atoms with van der Waals surface area (Å²) in [6, 6.07) is 9.51. The van der Waals surface area contributed by atoms with E-state index >= 15 is 0 Å². The highest BCUT2D eigenvalue weighted by atomic mass is 32.1. The highest BCUT2D eigenvalue weighted by Gasteiger charge is 2.15. The molecule has 0 radical (unpaired) electrons. The number of methoxy groups -OCH3 is 1. The number of hydrogen-bond acceptors (Lipinski definition) is 5. The van der Waals surface area contributed by atoms with Crippen molar-refractivity contribution in [1.29, 1.82) is 0 Å². The largest absolute Gasteiger partial charge is 0.495 e. The number of nitrogens with one attached hydrogen (secondary N) is 2. The van der Waals surface area contributed by atoms with Gasteiger partial charge in [-0.25, -0.2) is 0 Å². The Bertz CT molecular complexity index is 852. The maximum Gasteiger partial charge on any atom is 0.271 e. The lowest BCUT2D eigenvalue weighted by molar-refractivity contribution is -0.384. The van der Waals surface area contributed by atoms with Crippen molar-refractivity contribution < 1.29 is 14.5 Å². The van der Waals surface area contributed by atoms with Gasteiger partial charge in [0.2, 0.25) is 0 Å². The summed E-state index contributed by atoms with van der Waals surface area (Å²) in [5.74, 6) is 0.00751. The van der Waals surface area contributed by atoms with Crippen molar-refractivity contribution in [2.75, 3.05) is 12.4 Å². The summed E-state index contributed by atoms with van der Waals surface area (Å²) >= 11 is 5.13. The number of ether oxygens (including phenoxy) is 1. The number of nitro groups is 1. The summed E-state index contributed by atoms with van der Waals surface area (Å²) in [6.45, 7) is 3.78. The van der Waals surface area contributed by atoms with E-state index in [1.807, 2.05) is 26.0 Å². The number of nitro benzene ring substituents is 1. The Hall–Kier alpha value is -3.00. The predicted octanol–water partition coefficient (Wildman–Crippen LogP) is 3.35. The van der Waals surface area contributed by atoms with Gasteiger partial charge in [0, 0.05) is 17.7 Å². The quantitative estimate of drug-likeness (QED) is 0.494. The van der Waals surface area contributed by atoms with Gasteiger partial charge < -0.3 is 10.1 Å². The Morgan fingerprint density at radius 3 is 2.52 bits per heavy atom. The molecule has 0 spiro atoms. The molecule has 7 nitrogen and oxygen atoms in total. The van der Waals surface area contributed by atoms with Crippen LogP contribution in [0.15, 0.2) is 36.4 Å². The van der Waals surface area contributed by atoms with E-state index in [0.717, 1.165) is 11.1 Å². The molecular weight excluding hydrogens is 342 g/mol. The molecule has 0 atom stereocenters. The monoisotopic (exact) mass is 359 g/mol. The second-order valence-electron chi connectivity index (χ2n) is 5.37. The fourth-order valence-corrected chi connectivity index (χ4v) is 2.50. The smallest absolute Gasteiger partial charge is 0.271 e. The fourth-order valence-electron chi connectivity index (χ4n) is 2.30. The van der Waals surface area contributed by atoms with Crippen molar-refractivity contribution in [3.8, 4) is 5.75 Å². The first kappa shape index (κ1) is 18.3. The Kier molecular flexibility index (Phi) is 5.66. The van der Waals surface area contributed by atoms with Crippen LogP contribution in [-0.2, 0) is 0 Å². The van der Waals surface area contributed by atoms with Crippen molar-refractivity contribution in [2.24, 2.45) is 0 Å². The van der Waals surface area contributed by atoms with Gasteiger partial charge in [0.1, 0.15) is 5.75 Å². The number of amides is 1. The molecule has 0 aliphatic carbocycles. The van der Waals surface area contributed by atoms with Crippen molar-refractivity contribution >= 4 is 34.6 Å². The van der Waals surface area contributed by atoms with Crippen LogP contribution >= 0.6 is 12.2 Å². The standard InChI is InChI=1S/C17H17N3O4S/c1-10-4-6-13(11(2)8-10)16(21)19-17(25)18-14-9-12(20(22)23)5-7-15(14)24-3/h4-9H,1-3H3,(H2,18,19,21,25). The first-order valence-electron chi connectivity index (χ1n) is 7.34. The van der Waals surface area contributed by atoms with Gasteiger partial charge in [0.05, 0.1) is 17.7 Å². The molecule has 2 aromatic rings. The average molecular weight is 359 g/mol. The summed E-state index contributed by atoms with van der Waals surface area (Å²) in [5.41, 5.74) is 2.56. The zero-order chi connectivity index (χ0) is 18.6. The molecule has 0 saturated heterocycles. The Balaban J connectivity index is 2.15. The molecule has 0 aromatic heterocycles. The van der Waals surface area contributed by atoms with Crippen LogP contribution in [0, 0.1) is 24.0 Å². The maximum absolute atomic E-state index is 12.3. The lowest BCUT2D eigenvalue weighted by Crippen LogP contribution is -2.34. The summed E-state index contributed by atoms with van der Waals surface area (Å²) in [6.07, 6.45) is 0. The molecule has 2 N–H and O–H groups in total. The molecule has 8 heteroatoms. The molecule has 0 heterocycles. The van der Waals surface area contributed by atoms with Crippen molar-refractivity contribution in [2.45, 2.75) is 13.8 Å². The maximum atomic E-state index is 12.3. The summed E-state index contributed by atoms with van der Waals surface area (Å²) in [5, 5.41) is 16.2. The topological polar surface area (TPSA) is 93.5 Å². The molecule has 2 aromatic carbocycles. The number of aryl methyl sites for hydroxylation is 2. The van der Waals surface area contributed by atoms with Crippen molar-refractivity contribution in [3.05, 3.63) is 63.2 Å². The minimum atomic E-state index is -0.526. The molecular formula is C17H17N3O4S. The summed E-state index contributed by atoms with van der Waals surface area (Å²) in [4.78, 5) is 22.7. The van der Waals surface area contributed by atoms with E-state index in [1.54, 1.807) is 6.07 Å². The molecule has 1 amide bonds. The van der Waals surface area contributed by atoms with Crippen LogP contribution in [-0.4, -0.2) is 23.1 Å². The minimum absolute atomic E-state index is 0.0174. The SMILES string of the molecule is COc1ccc([N+](=O)[O-])cc1NC(=S)NC(=O)c1ccc(C)cc1C. The molecule has 25 heavy (non-hydrogen) atoms.